The molecule has 0 fully saturated rings. The predicted octanol–water partition coefficient (Wildman–Crippen LogP) is 7.94. The molecule has 6 rings (SSSR count). The maximum Gasteiger partial charge on any atom is 0.0494 e. The molecule has 0 spiro atoms. The molecular weight excluding hydrogens is 388 g/mol. The van der Waals surface area contributed by atoms with Crippen LogP contribution in [0.2, 0.25) is 0 Å². The van der Waals surface area contributed by atoms with E-state index in [0.717, 1.165) is 13.1 Å². The van der Waals surface area contributed by atoms with E-state index >= 15 is 0 Å². The first kappa shape index (κ1) is 18.7. The molecule has 2 heteroatoms. The second-order valence-corrected chi connectivity index (χ2v) is 8.30. The van der Waals surface area contributed by atoms with E-state index in [9.17, 15) is 0 Å². The van der Waals surface area contributed by atoms with Crippen LogP contribution in [0.4, 0.5) is 0 Å². The highest BCUT2D eigenvalue weighted by Crippen LogP contribution is 2.36. The van der Waals surface area contributed by atoms with Crippen LogP contribution in [0.5, 0.6) is 0 Å². The third-order valence-corrected chi connectivity index (χ3v) is 6.50. The highest BCUT2D eigenvalue weighted by Gasteiger charge is 2.13. The summed E-state index contributed by atoms with van der Waals surface area (Å²) in [5, 5.41) is 5.15. The minimum Gasteiger partial charge on any atom is -0.337 e. The van der Waals surface area contributed by atoms with Crippen LogP contribution in [0.25, 0.3) is 54.7 Å². The molecule has 6 aromatic rings. The highest BCUT2D eigenvalue weighted by molar-refractivity contribution is 6.11. The lowest BCUT2D eigenvalue weighted by Crippen LogP contribution is -1.94. The van der Waals surface area contributed by atoms with Crippen molar-refractivity contribution in [3.8, 4) is 11.1 Å². The van der Waals surface area contributed by atoms with Gasteiger partial charge >= 0.3 is 0 Å². The van der Waals surface area contributed by atoms with Crippen LogP contribution >= 0.6 is 0 Å². The molecule has 2 heterocycles. The second-order valence-electron chi connectivity index (χ2n) is 8.30. The molecule has 0 aliphatic rings. The Morgan fingerprint density at radius 3 is 1.34 bits per heavy atom. The number of allylic oxidation sites excluding steroid dienone is 2. The molecule has 0 bridgehead atoms. The van der Waals surface area contributed by atoms with Crippen molar-refractivity contribution in [3.05, 3.63) is 110 Å². The van der Waals surface area contributed by atoms with Gasteiger partial charge in [-0.1, -0.05) is 60.7 Å². The van der Waals surface area contributed by atoms with Crippen molar-refractivity contribution in [2.75, 3.05) is 0 Å². The largest absolute Gasteiger partial charge is 0.337 e. The van der Waals surface area contributed by atoms with Crippen molar-refractivity contribution in [1.29, 1.82) is 0 Å². The summed E-state index contributed by atoms with van der Waals surface area (Å²) < 4.78 is 4.68. The van der Waals surface area contributed by atoms with Gasteiger partial charge in [0.25, 0.3) is 0 Å². The molecule has 2 nitrogen and oxygen atoms in total. The van der Waals surface area contributed by atoms with E-state index in [4.69, 9.17) is 0 Å². The van der Waals surface area contributed by atoms with E-state index in [1.807, 2.05) is 12.2 Å². The van der Waals surface area contributed by atoms with Gasteiger partial charge in [0.15, 0.2) is 0 Å². The summed E-state index contributed by atoms with van der Waals surface area (Å²) in [6.07, 6.45) is 3.93. The van der Waals surface area contributed by atoms with Gasteiger partial charge in [-0.3, -0.25) is 0 Å². The van der Waals surface area contributed by atoms with Crippen LogP contribution in [-0.2, 0) is 13.1 Å². The Bertz CT molecular complexity index is 1530. The van der Waals surface area contributed by atoms with E-state index in [1.165, 1.54) is 54.7 Å². The molecule has 154 valence electrons. The van der Waals surface area contributed by atoms with Crippen LogP contribution in [0.1, 0.15) is 0 Å². The summed E-state index contributed by atoms with van der Waals surface area (Å²) in [5.41, 5.74) is 7.48. The average molecular weight is 413 g/mol. The first-order chi connectivity index (χ1) is 15.8. The molecule has 2 aromatic heterocycles. The van der Waals surface area contributed by atoms with Crippen molar-refractivity contribution >= 4 is 43.6 Å². The van der Waals surface area contributed by atoms with Crippen LogP contribution in [0.3, 0.4) is 0 Å². The number of rotatable bonds is 5. The number of para-hydroxylation sites is 2. The molecule has 0 saturated heterocycles. The Kier molecular flexibility index (Phi) is 4.26. The van der Waals surface area contributed by atoms with Crippen LogP contribution in [-0.4, -0.2) is 9.13 Å². The van der Waals surface area contributed by atoms with E-state index in [2.05, 4.69) is 107 Å². The topological polar surface area (TPSA) is 9.86 Å². The van der Waals surface area contributed by atoms with Gasteiger partial charge in [0, 0.05) is 56.7 Å². The molecule has 32 heavy (non-hydrogen) atoms. The fourth-order valence-electron chi connectivity index (χ4n) is 5.12. The number of aromatic nitrogens is 2. The second kappa shape index (κ2) is 7.28. The third kappa shape index (κ3) is 2.66. The summed E-state index contributed by atoms with van der Waals surface area (Å²) in [6, 6.07) is 30.9. The molecule has 0 unspecified atom stereocenters. The van der Waals surface area contributed by atoms with E-state index < -0.39 is 0 Å². The van der Waals surface area contributed by atoms with Crippen molar-refractivity contribution < 1.29 is 0 Å². The maximum absolute atomic E-state index is 3.95. The van der Waals surface area contributed by atoms with Gasteiger partial charge in [-0.2, -0.15) is 0 Å². The zero-order valence-corrected chi connectivity index (χ0v) is 18.0. The molecule has 4 aromatic carbocycles. The van der Waals surface area contributed by atoms with E-state index in [-0.39, 0.29) is 0 Å². The molecule has 0 aliphatic heterocycles. The molecule has 0 atom stereocenters. The molecule has 0 N–H and O–H groups in total. The molecule has 0 amide bonds. The minimum atomic E-state index is 0.804. The first-order valence-electron chi connectivity index (χ1n) is 11.0. The van der Waals surface area contributed by atoms with E-state index in [0.29, 0.717) is 0 Å². The van der Waals surface area contributed by atoms with Crippen LogP contribution < -0.4 is 0 Å². The van der Waals surface area contributed by atoms with Crippen LogP contribution in [0, 0.1) is 0 Å². The molecule has 0 saturated carbocycles. The fraction of sp³-hybridized carbons (Fsp3) is 0.0667. The summed E-state index contributed by atoms with van der Waals surface area (Å²) >= 11 is 0. The van der Waals surface area contributed by atoms with Crippen LogP contribution in [0.15, 0.2) is 110 Å². The Balaban J connectivity index is 1.59. The number of benzene rings is 4. The maximum atomic E-state index is 3.95. The van der Waals surface area contributed by atoms with Gasteiger partial charge in [-0.15, -0.1) is 13.2 Å². The molecule has 0 radical (unpaired) electrons. The number of hydrogen-bond acceptors (Lipinski definition) is 0. The van der Waals surface area contributed by atoms with Crippen molar-refractivity contribution in [1.82, 2.24) is 9.13 Å². The van der Waals surface area contributed by atoms with Gasteiger partial charge in [0.05, 0.1) is 0 Å². The summed E-state index contributed by atoms with van der Waals surface area (Å²) in [5.74, 6) is 0. The van der Waals surface area contributed by atoms with Gasteiger partial charge in [0.2, 0.25) is 0 Å². The van der Waals surface area contributed by atoms with Gasteiger partial charge < -0.3 is 9.13 Å². The monoisotopic (exact) mass is 412 g/mol. The third-order valence-electron chi connectivity index (χ3n) is 6.50. The lowest BCUT2D eigenvalue weighted by Gasteiger charge is -2.07. The normalized spacial score (nSPS) is 11.6. The van der Waals surface area contributed by atoms with E-state index in [1.54, 1.807) is 0 Å². The minimum absolute atomic E-state index is 0.804. The number of hydrogen-bond donors (Lipinski definition) is 0. The summed E-state index contributed by atoms with van der Waals surface area (Å²) in [4.78, 5) is 0. The Morgan fingerprint density at radius 1 is 0.500 bits per heavy atom. The quantitative estimate of drug-likeness (QED) is 0.254. The van der Waals surface area contributed by atoms with Crippen molar-refractivity contribution in [3.63, 3.8) is 0 Å². The zero-order chi connectivity index (χ0) is 21.7. The first-order valence-corrected chi connectivity index (χ1v) is 11.0. The highest BCUT2D eigenvalue weighted by atomic mass is 15.0. The van der Waals surface area contributed by atoms with Gasteiger partial charge in [0.1, 0.15) is 0 Å². The van der Waals surface area contributed by atoms with Crippen molar-refractivity contribution in [2.24, 2.45) is 0 Å². The number of fused-ring (bicyclic) bond motifs is 6. The predicted molar refractivity (Wildman–Crippen MR) is 138 cm³/mol. The SMILES string of the molecule is C=CCn1c2ccccc2c2cc(-c3ccc4c(c3)c3ccccc3n4CC=C)ccc21. The Morgan fingerprint density at radius 2 is 0.906 bits per heavy atom. The zero-order valence-electron chi connectivity index (χ0n) is 18.0. The molecule has 0 aliphatic carbocycles. The molecular formula is C30H24N2. The fourth-order valence-corrected chi connectivity index (χ4v) is 5.12. The lowest BCUT2D eigenvalue weighted by molar-refractivity contribution is 0.901. The van der Waals surface area contributed by atoms with Gasteiger partial charge in [-0.25, -0.2) is 0 Å². The van der Waals surface area contributed by atoms with Gasteiger partial charge in [-0.05, 0) is 47.5 Å². The summed E-state index contributed by atoms with van der Waals surface area (Å²) in [6.45, 7) is 9.52. The Labute approximate surface area is 187 Å². The summed E-state index contributed by atoms with van der Waals surface area (Å²) in [7, 11) is 0. The van der Waals surface area contributed by atoms with Crippen molar-refractivity contribution in [2.45, 2.75) is 13.1 Å². The average Bonchev–Trinajstić information content (AvgIpc) is 3.32. The lowest BCUT2D eigenvalue weighted by atomic mass is 10.0. The Hall–Kier alpha value is -4.04. The standard InChI is InChI=1S/C30H24N2/c1-3-17-31-27-11-7-5-9-23(27)25-19-21(13-15-29(25)31)22-14-16-30-26(20-22)24-10-6-8-12-28(24)32(30)18-4-2/h3-16,19-20H,1-2,17-18H2. The number of nitrogens with zero attached hydrogens (tertiary/aromatic N) is 2. The smallest absolute Gasteiger partial charge is 0.0494 e.